The van der Waals surface area contributed by atoms with Crippen LogP contribution in [0.5, 0.6) is 17.2 Å². The molecule has 0 saturated heterocycles. The molecule has 3 N–H and O–H groups in total. The molecule has 0 bridgehead atoms. The van der Waals surface area contributed by atoms with Crippen LogP contribution in [0.1, 0.15) is 25.7 Å². The molecule has 1 fully saturated rings. The van der Waals surface area contributed by atoms with Gasteiger partial charge in [0.15, 0.2) is 11.5 Å². The summed E-state index contributed by atoms with van der Waals surface area (Å²) >= 11 is 0. The van der Waals surface area contributed by atoms with Crippen LogP contribution in [0.25, 0.3) is 0 Å². The smallest absolute Gasteiger partial charge is 0.319 e. The number of benzene rings is 1. The average Bonchev–Trinajstić information content (AvgIpc) is 2.53. The Kier molecular flexibility index (Phi) is 5.92. The van der Waals surface area contributed by atoms with Gasteiger partial charge >= 0.3 is 6.03 Å². The van der Waals surface area contributed by atoms with E-state index in [1.54, 1.807) is 12.1 Å². The van der Waals surface area contributed by atoms with Crippen LogP contribution in [0.2, 0.25) is 0 Å². The number of rotatable bonds is 5. The highest BCUT2D eigenvalue weighted by molar-refractivity contribution is 5.90. The van der Waals surface area contributed by atoms with Crippen molar-refractivity contribution in [2.75, 3.05) is 26.6 Å². The van der Waals surface area contributed by atoms with E-state index in [9.17, 15) is 9.90 Å². The molecule has 1 aromatic carbocycles. The Morgan fingerprint density at radius 1 is 1.13 bits per heavy atom. The van der Waals surface area contributed by atoms with Crippen molar-refractivity contribution in [1.29, 1.82) is 0 Å². The predicted octanol–water partition coefficient (Wildman–Crippen LogP) is 2.14. The number of aliphatic hydroxyl groups is 1. The molecule has 0 aliphatic heterocycles. The molecule has 7 heteroatoms. The zero-order chi connectivity index (χ0) is 16.8. The van der Waals surface area contributed by atoms with E-state index in [0.29, 0.717) is 29.4 Å². The van der Waals surface area contributed by atoms with E-state index >= 15 is 0 Å². The van der Waals surface area contributed by atoms with Gasteiger partial charge in [0.2, 0.25) is 5.75 Å². The maximum absolute atomic E-state index is 12.1. The monoisotopic (exact) mass is 324 g/mol. The van der Waals surface area contributed by atoms with Crippen LogP contribution in [0, 0.1) is 0 Å². The third-order valence-corrected chi connectivity index (χ3v) is 3.90. The van der Waals surface area contributed by atoms with E-state index in [1.807, 2.05) is 0 Å². The lowest BCUT2D eigenvalue weighted by molar-refractivity contribution is 0.114. The fraction of sp³-hybridized carbons (Fsp3) is 0.562. The Labute approximate surface area is 135 Å². The largest absolute Gasteiger partial charge is 0.493 e. The number of anilines is 1. The van der Waals surface area contributed by atoms with Crippen molar-refractivity contribution in [1.82, 2.24) is 5.32 Å². The van der Waals surface area contributed by atoms with Crippen molar-refractivity contribution in [3.05, 3.63) is 12.1 Å². The lowest BCUT2D eigenvalue weighted by atomic mass is 9.93. The molecule has 7 nitrogen and oxygen atoms in total. The van der Waals surface area contributed by atoms with Gasteiger partial charge in [0.1, 0.15) is 0 Å². The van der Waals surface area contributed by atoms with Crippen LogP contribution in [-0.2, 0) is 0 Å². The van der Waals surface area contributed by atoms with E-state index in [4.69, 9.17) is 14.2 Å². The van der Waals surface area contributed by atoms with Gasteiger partial charge in [-0.05, 0) is 25.7 Å². The summed E-state index contributed by atoms with van der Waals surface area (Å²) in [5.74, 6) is 1.40. The number of ether oxygens (including phenoxy) is 3. The van der Waals surface area contributed by atoms with E-state index in [2.05, 4.69) is 10.6 Å². The Balaban J connectivity index is 2.05. The van der Waals surface area contributed by atoms with Crippen LogP contribution in [0.15, 0.2) is 12.1 Å². The predicted molar refractivity (Wildman–Crippen MR) is 86.5 cm³/mol. The second kappa shape index (κ2) is 7.92. The van der Waals surface area contributed by atoms with Crippen LogP contribution < -0.4 is 24.8 Å². The molecule has 23 heavy (non-hydrogen) atoms. The van der Waals surface area contributed by atoms with E-state index < -0.39 is 0 Å². The third kappa shape index (κ3) is 4.41. The maximum Gasteiger partial charge on any atom is 0.319 e. The number of carbonyl (C=O) groups is 1. The lowest BCUT2D eigenvalue weighted by Crippen LogP contribution is -2.41. The van der Waals surface area contributed by atoms with Crippen LogP contribution in [0.4, 0.5) is 10.5 Å². The first-order valence-corrected chi connectivity index (χ1v) is 7.63. The van der Waals surface area contributed by atoms with Crippen molar-refractivity contribution >= 4 is 11.7 Å². The standard InChI is InChI=1S/C16H24N2O5/c1-21-13-8-11(9-14(22-2)15(13)23-3)18-16(20)17-10-5-4-6-12(19)7-10/h8-10,12,19H,4-7H2,1-3H3,(H2,17,18,20). The number of nitrogens with one attached hydrogen (secondary N) is 2. The van der Waals surface area contributed by atoms with Gasteiger partial charge in [-0.3, -0.25) is 0 Å². The van der Waals surface area contributed by atoms with Gasteiger partial charge in [-0.25, -0.2) is 4.79 Å². The topological polar surface area (TPSA) is 89.1 Å². The highest BCUT2D eigenvalue weighted by Crippen LogP contribution is 2.39. The lowest BCUT2D eigenvalue weighted by Gasteiger charge is -2.26. The summed E-state index contributed by atoms with van der Waals surface area (Å²) in [6, 6.07) is 2.99. The van der Waals surface area contributed by atoms with Crippen molar-refractivity contribution < 1.29 is 24.1 Å². The van der Waals surface area contributed by atoms with Crippen molar-refractivity contribution in [3.8, 4) is 17.2 Å². The normalized spacial score (nSPS) is 20.5. The average molecular weight is 324 g/mol. The second-order valence-corrected chi connectivity index (χ2v) is 5.53. The van der Waals surface area contributed by atoms with Gasteiger partial charge in [-0.15, -0.1) is 0 Å². The van der Waals surface area contributed by atoms with E-state index in [-0.39, 0.29) is 18.2 Å². The zero-order valence-corrected chi connectivity index (χ0v) is 13.7. The maximum atomic E-state index is 12.1. The highest BCUT2D eigenvalue weighted by atomic mass is 16.5. The van der Waals surface area contributed by atoms with Crippen LogP contribution in [-0.4, -0.2) is 44.6 Å². The number of hydrogen-bond donors (Lipinski definition) is 3. The SMILES string of the molecule is COc1cc(NC(=O)NC2CCCC(O)C2)cc(OC)c1OC. The summed E-state index contributed by atoms with van der Waals surface area (Å²) in [5, 5.41) is 15.3. The number of carbonyl (C=O) groups excluding carboxylic acids is 1. The van der Waals surface area contributed by atoms with Gasteiger partial charge in [0.05, 0.1) is 33.1 Å². The Morgan fingerprint density at radius 3 is 2.30 bits per heavy atom. The Bertz CT molecular complexity index is 524. The Hall–Kier alpha value is -2.15. The molecule has 0 aromatic heterocycles. The molecule has 0 radical (unpaired) electrons. The summed E-state index contributed by atoms with van der Waals surface area (Å²) < 4.78 is 15.8. The molecule has 128 valence electrons. The summed E-state index contributed by atoms with van der Waals surface area (Å²) in [5.41, 5.74) is 0.536. The molecule has 1 aromatic rings. The van der Waals surface area contributed by atoms with Gasteiger partial charge in [0.25, 0.3) is 0 Å². The molecule has 1 aliphatic carbocycles. The van der Waals surface area contributed by atoms with Gasteiger partial charge < -0.3 is 30.0 Å². The first-order chi connectivity index (χ1) is 11.1. The molecular formula is C16H24N2O5. The number of aliphatic hydroxyl groups excluding tert-OH is 1. The Morgan fingerprint density at radius 2 is 1.78 bits per heavy atom. The molecule has 2 amide bonds. The minimum atomic E-state index is -0.338. The van der Waals surface area contributed by atoms with Crippen LogP contribution in [0.3, 0.4) is 0 Å². The third-order valence-electron chi connectivity index (χ3n) is 3.90. The molecule has 2 rings (SSSR count). The molecular weight excluding hydrogens is 300 g/mol. The zero-order valence-electron chi connectivity index (χ0n) is 13.7. The summed E-state index contributed by atoms with van der Waals surface area (Å²) in [7, 11) is 4.56. The van der Waals surface area contributed by atoms with E-state index in [0.717, 1.165) is 19.3 Å². The number of urea groups is 1. The molecule has 1 saturated carbocycles. The summed E-state index contributed by atoms with van der Waals surface area (Å²) in [6.45, 7) is 0. The van der Waals surface area contributed by atoms with Crippen LogP contribution >= 0.6 is 0 Å². The number of hydrogen-bond acceptors (Lipinski definition) is 5. The minimum absolute atomic E-state index is 0.0132. The van der Waals surface area contributed by atoms with E-state index in [1.165, 1.54) is 21.3 Å². The summed E-state index contributed by atoms with van der Waals surface area (Å²) in [4.78, 5) is 12.1. The van der Waals surface area contributed by atoms with Crippen molar-refractivity contribution in [2.45, 2.75) is 37.8 Å². The molecule has 1 aliphatic rings. The van der Waals surface area contributed by atoms with Gasteiger partial charge in [-0.2, -0.15) is 0 Å². The molecule has 2 unspecified atom stereocenters. The minimum Gasteiger partial charge on any atom is -0.493 e. The van der Waals surface area contributed by atoms with Gasteiger partial charge in [0, 0.05) is 18.2 Å². The number of methoxy groups -OCH3 is 3. The first-order valence-electron chi connectivity index (χ1n) is 7.63. The molecule has 2 atom stereocenters. The molecule has 0 heterocycles. The fourth-order valence-corrected chi connectivity index (χ4v) is 2.80. The second-order valence-electron chi connectivity index (χ2n) is 5.53. The highest BCUT2D eigenvalue weighted by Gasteiger charge is 2.22. The summed E-state index contributed by atoms with van der Waals surface area (Å²) in [6.07, 6.45) is 2.83. The fourth-order valence-electron chi connectivity index (χ4n) is 2.80. The number of amides is 2. The van der Waals surface area contributed by atoms with Crippen molar-refractivity contribution in [2.24, 2.45) is 0 Å². The quantitative estimate of drug-likeness (QED) is 0.772. The van der Waals surface area contributed by atoms with Gasteiger partial charge in [-0.1, -0.05) is 0 Å². The first kappa shape index (κ1) is 17.2. The molecule has 0 spiro atoms. The van der Waals surface area contributed by atoms with Crippen molar-refractivity contribution in [3.63, 3.8) is 0 Å².